The van der Waals surface area contributed by atoms with E-state index in [0.717, 1.165) is 6.42 Å². The molecule has 0 heterocycles. The van der Waals surface area contributed by atoms with E-state index in [0.29, 0.717) is 0 Å². The van der Waals surface area contributed by atoms with Gasteiger partial charge in [-0.3, -0.25) is 0 Å². The fourth-order valence-electron chi connectivity index (χ4n) is 0.265. The summed E-state index contributed by atoms with van der Waals surface area (Å²) in [6, 6.07) is 2.46. The average molecular weight is 122 g/mol. The molecule has 2 nitrogen and oxygen atoms in total. The van der Waals surface area contributed by atoms with Crippen molar-refractivity contribution >= 4 is 0 Å². The third-order valence-electron chi connectivity index (χ3n) is 0.627. The van der Waals surface area contributed by atoms with Gasteiger partial charge in [0.1, 0.15) is 0 Å². The molecule has 0 spiro atoms. The van der Waals surface area contributed by atoms with E-state index in [9.17, 15) is 0 Å². The number of allylic oxidation sites excluding steroid dienone is 1. The molecule has 0 radical (unpaired) electrons. The van der Waals surface area contributed by atoms with Gasteiger partial charge in [0.2, 0.25) is 0 Å². The molecule has 0 aromatic rings. The maximum absolute atomic E-state index is 3.62. The average Bonchev–Trinajstić information content (AvgIpc) is 1.89. The van der Waals surface area contributed by atoms with Gasteiger partial charge in [-0.25, -0.2) is 0 Å². The molecule has 0 aliphatic rings. The Morgan fingerprint density at radius 2 is 2.33 bits per heavy atom. The van der Waals surface area contributed by atoms with Gasteiger partial charge in [0.15, 0.2) is 0 Å². The lowest BCUT2D eigenvalue weighted by Crippen LogP contribution is -1.50. The highest BCUT2D eigenvalue weighted by atomic mass is 15.1. The Hall–Kier alpha value is -1.10. The van der Waals surface area contributed by atoms with Crippen molar-refractivity contribution in [3.05, 3.63) is 12.3 Å². The maximum atomic E-state index is 3.62. The number of azo groups is 1. The van der Waals surface area contributed by atoms with E-state index < -0.39 is 0 Å². The molecule has 0 amide bonds. The Labute approximate surface area is 55.7 Å². The van der Waals surface area contributed by atoms with Gasteiger partial charge in [0.05, 0.1) is 6.04 Å². The van der Waals surface area contributed by atoms with Crippen LogP contribution in [0.5, 0.6) is 0 Å². The highest BCUT2D eigenvalue weighted by Gasteiger charge is 1.61. The predicted molar refractivity (Wildman–Crippen MR) is 37.7 cm³/mol. The van der Waals surface area contributed by atoms with Crippen LogP contribution in [-0.4, -0.2) is 0 Å². The molecule has 0 aromatic heterocycles. The molecule has 2 heteroatoms. The van der Waals surface area contributed by atoms with Gasteiger partial charge < -0.3 is 0 Å². The minimum Gasteiger partial charge on any atom is -0.150 e. The number of hydrogen-bond acceptors (Lipinski definition) is 2. The molecule has 0 rings (SSSR count). The first kappa shape index (κ1) is 7.90. The zero-order valence-electron chi connectivity index (χ0n) is 5.76. The van der Waals surface area contributed by atoms with Crippen LogP contribution in [-0.2, 0) is 0 Å². The van der Waals surface area contributed by atoms with Crippen LogP contribution in [0.4, 0.5) is 0 Å². The molecule has 0 aromatic carbocycles. The Bertz CT molecular complexity index is 157. The number of nitrogens with zero attached hydrogens (tertiary/aromatic N) is 2. The quantitative estimate of drug-likeness (QED) is 0.396. The van der Waals surface area contributed by atoms with Crippen molar-refractivity contribution in [2.45, 2.75) is 20.3 Å². The summed E-state index contributed by atoms with van der Waals surface area (Å²) in [5.74, 6) is 2.60. The molecule has 0 unspecified atom stereocenters. The lowest BCUT2D eigenvalue weighted by molar-refractivity contribution is 1.18. The second-order valence-corrected chi connectivity index (χ2v) is 1.37. The normalized spacial score (nSPS) is 10.0. The molecule has 0 N–H and O–H groups in total. The van der Waals surface area contributed by atoms with E-state index >= 15 is 0 Å². The molecule has 0 fully saturated rings. The van der Waals surface area contributed by atoms with E-state index in [1.165, 1.54) is 0 Å². The van der Waals surface area contributed by atoms with Gasteiger partial charge in [-0.15, -0.1) is 0 Å². The predicted octanol–water partition coefficient (Wildman–Crippen LogP) is 2.34. The van der Waals surface area contributed by atoms with Crippen molar-refractivity contribution in [1.29, 1.82) is 0 Å². The lowest BCUT2D eigenvalue weighted by Gasteiger charge is -1.70. The topological polar surface area (TPSA) is 24.7 Å². The van der Waals surface area contributed by atoms with Gasteiger partial charge in [-0.05, 0) is 13.3 Å². The fraction of sp³-hybridized carbons (Fsp3) is 0.429. The van der Waals surface area contributed by atoms with Crippen LogP contribution in [0.2, 0.25) is 0 Å². The number of hydrogen-bond donors (Lipinski definition) is 0. The largest absolute Gasteiger partial charge is 0.150 e. The van der Waals surface area contributed by atoms with Crippen LogP contribution in [0.25, 0.3) is 0 Å². The molecule has 48 valence electrons. The van der Waals surface area contributed by atoms with Crippen LogP contribution in [0.1, 0.15) is 20.3 Å². The van der Waals surface area contributed by atoms with Crippen LogP contribution in [0, 0.1) is 12.0 Å². The van der Waals surface area contributed by atoms with E-state index in [-0.39, 0.29) is 0 Å². The van der Waals surface area contributed by atoms with Gasteiger partial charge in [0.25, 0.3) is 0 Å². The lowest BCUT2D eigenvalue weighted by atomic mass is 10.5. The first-order valence-electron chi connectivity index (χ1n) is 2.88. The second-order valence-electron chi connectivity index (χ2n) is 1.37. The molecule has 0 saturated carbocycles. The SMILES string of the molecule is CC#CN=N/C=C\CC. The van der Waals surface area contributed by atoms with Crippen molar-refractivity contribution < 1.29 is 0 Å². The molecule has 0 saturated heterocycles. The van der Waals surface area contributed by atoms with E-state index in [1.807, 2.05) is 13.0 Å². The van der Waals surface area contributed by atoms with Gasteiger partial charge in [-0.2, -0.15) is 5.11 Å². The highest BCUT2D eigenvalue weighted by Crippen LogP contribution is 1.80. The minimum atomic E-state index is 0.985. The van der Waals surface area contributed by atoms with Crippen LogP contribution < -0.4 is 0 Å². The second kappa shape index (κ2) is 6.90. The van der Waals surface area contributed by atoms with Crippen molar-refractivity contribution in [3.8, 4) is 12.0 Å². The van der Waals surface area contributed by atoms with E-state index in [1.54, 1.807) is 13.1 Å². The Morgan fingerprint density at radius 1 is 1.56 bits per heavy atom. The first-order valence-corrected chi connectivity index (χ1v) is 2.88. The van der Waals surface area contributed by atoms with Gasteiger partial charge in [-0.1, -0.05) is 24.0 Å². The summed E-state index contributed by atoms with van der Waals surface area (Å²) >= 11 is 0. The Kier molecular flexibility index (Phi) is 6.06. The Morgan fingerprint density at radius 3 is 2.89 bits per heavy atom. The maximum Gasteiger partial charge on any atom is 0.0573 e. The summed E-state index contributed by atoms with van der Waals surface area (Å²) in [7, 11) is 0. The van der Waals surface area contributed by atoms with E-state index in [4.69, 9.17) is 0 Å². The molecular weight excluding hydrogens is 112 g/mol. The van der Waals surface area contributed by atoms with Gasteiger partial charge in [0, 0.05) is 6.20 Å². The van der Waals surface area contributed by atoms with Crippen molar-refractivity contribution in [1.82, 2.24) is 0 Å². The third kappa shape index (κ3) is 6.90. The molecule has 0 bridgehead atoms. The van der Waals surface area contributed by atoms with E-state index in [2.05, 4.69) is 22.2 Å². The van der Waals surface area contributed by atoms with Crippen LogP contribution >= 0.6 is 0 Å². The van der Waals surface area contributed by atoms with Crippen molar-refractivity contribution in [2.75, 3.05) is 0 Å². The van der Waals surface area contributed by atoms with Crippen LogP contribution in [0.15, 0.2) is 22.5 Å². The number of rotatable bonds is 2. The van der Waals surface area contributed by atoms with Gasteiger partial charge >= 0.3 is 0 Å². The molecular formula is C7H10N2. The monoisotopic (exact) mass is 122 g/mol. The summed E-state index contributed by atoms with van der Waals surface area (Å²) < 4.78 is 0. The summed E-state index contributed by atoms with van der Waals surface area (Å²) in [4.78, 5) is 0. The van der Waals surface area contributed by atoms with Crippen molar-refractivity contribution in [3.63, 3.8) is 0 Å². The summed E-state index contributed by atoms with van der Waals surface area (Å²) in [6.45, 7) is 3.76. The Balaban J connectivity index is 3.43. The highest BCUT2D eigenvalue weighted by molar-refractivity contribution is 4.92. The molecule has 0 aliphatic carbocycles. The molecule has 0 aliphatic heterocycles. The van der Waals surface area contributed by atoms with Crippen LogP contribution in [0.3, 0.4) is 0 Å². The zero-order chi connectivity index (χ0) is 6.95. The molecule has 0 atom stereocenters. The minimum absolute atomic E-state index is 0.985. The third-order valence-corrected chi connectivity index (χ3v) is 0.627. The van der Waals surface area contributed by atoms with Crippen molar-refractivity contribution in [2.24, 2.45) is 10.2 Å². The summed E-state index contributed by atoms with van der Waals surface area (Å²) in [5.41, 5.74) is 0. The summed E-state index contributed by atoms with van der Waals surface area (Å²) in [6.07, 6.45) is 4.55. The molecule has 9 heavy (non-hydrogen) atoms. The summed E-state index contributed by atoms with van der Waals surface area (Å²) in [5, 5.41) is 7.13. The fourth-order valence-corrected chi connectivity index (χ4v) is 0.265. The zero-order valence-corrected chi connectivity index (χ0v) is 5.76. The smallest absolute Gasteiger partial charge is 0.0573 e. The first-order chi connectivity index (χ1) is 4.41. The standard InChI is InChI=1S/C7H10N2/c1-3-5-7-9-8-6-4-2/h5,7H,3H2,1-2H3/b7-5-,9-8?.